The molecule has 7 aromatic rings. The van der Waals surface area contributed by atoms with E-state index in [1.807, 2.05) is 0 Å². The molecule has 0 unspecified atom stereocenters. The van der Waals surface area contributed by atoms with Crippen molar-refractivity contribution in [2.75, 3.05) is 0 Å². The zero-order valence-corrected chi connectivity index (χ0v) is 14.6. The van der Waals surface area contributed by atoms with Gasteiger partial charge in [-0.1, -0.05) is 0 Å². The smallest absolute Gasteiger partial charge is 0.202 e. The zero-order valence-electron chi connectivity index (χ0n) is 14.6. The summed E-state index contributed by atoms with van der Waals surface area (Å²) in [6.45, 7) is 0. The Labute approximate surface area is 163 Å². The van der Waals surface area contributed by atoms with Crippen molar-refractivity contribution < 1.29 is 0 Å². The molecule has 7 rings (SSSR count). The molecule has 0 N–H and O–H groups in total. The summed E-state index contributed by atoms with van der Waals surface area (Å²) in [6, 6.07) is 0. The highest BCUT2D eigenvalue weighted by Gasteiger charge is 2.14. The molecule has 14 nitrogen and oxygen atoms in total. The first kappa shape index (κ1) is 15.1. The number of hydrogen-bond donors (Lipinski definition) is 0. The van der Waals surface area contributed by atoms with Gasteiger partial charge in [-0.2, -0.15) is 0 Å². The quantitative estimate of drug-likeness (QED) is 0.318. The summed E-state index contributed by atoms with van der Waals surface area (Å²) < 4.78 is 0. The predicted octanol–water partition coefficient (Wildman–Crippen LogP) is 0.136. The summed E-state index contributed by atoms with van der Waals surface area (Å²) in [5.41, 5.74) is 3.54. The third kappa shape index (κ3) is 2.12. The van der Waals surface area contributed by atoms with Gasteiger partial charge < -0.3 is 0 Å². The lowest BCUT2D eigenvalue weighted by Gasteiger charge is -2.02. The summed E-state index contributed by atoms with van der Waals surface area (Å²) in [7, 11) is 0. The Morgan fingerprint density at radius 2 is 0.400 bits per heavy atom. The normalized spacial score (nSPS) is 12.0. The molecular formula is C16H4N14. The molecule has 0 aromatic carbocycles. The second-order valence-electron chi connectivity index (χ2n) is 6.11. The van der Waals surface area contributed by atoms with Crippen molar-refractivity contribution in [3.63, 3.8) is 0 Å². The third-order valence-electron chi connectivity index (χ3n) is 4.24. The van der Waals surface area contributed by atoms with Crippen molar-refractivity contribution in [1.82, 2.24) is 69.8 Å². The Hall–Kier alpha value is -4.88. The van der Waals surface area contributed by atoms with E-state index in [4.69, 9.17) is 0 Å². The molecule has 0 aliphatic carbocycles. The average Bonchev–Trinajstić information content (AvgIpc) is 2.77. The van der Waals surface area contributed by atoms with Crippen LogP contribution >= 0.6 is 0 Å². The van der Waals surface area contributed by atoms with Crippen molar-refractivity contribution in [2.45, 2.75) is 0 Å². The monoisotopic (exact) mass is 392 g/mol. The van der Waals surface area contributed by atoms with Crippen molar-refractivity contribution in [1.29, 1.82) is 0 Å². The van der Waals surface area contributed by atoms with Crippen LogP contribution in [-0.2, 0) is 0 Å². The lowest BCUT2D eigenvalue weighted by Crippen LogP contribution is -2.03. The summed E-state index contributed by atoms with van der Waals surface area (Å²) in [5, 5.41) is 0. The molecule has 0 spiro atoms. The fourth-order valence-corrected chi connectivity index (χ4v) is 2.97. The number of fused-ring (bicyclic) bond motifs is 6. The SMILES string of the molecule is c1cnc2nc3nc4nc5nc6nc7nccnc7nc6nc5nc4nc3nc2n1. The molecule has 7 aromatic heterocycles. The minimum Gasteiger partial charge on any atom is -0.232 e. The summed E-state index contributed by atoms with van der Waals surface area (Å²) in [5.74, 6) is 0. The number of nitrogens with zero attached hydrogens (tertiary/aromatic N) is 14. The van der Waals surface area contributed by atoms with Gasteiger partial charge in [0.1, 0.15) is 0 Å². The van der Waals surface area contributed by atoms with E-state index in [2.05, 4.69) is 69.8 Å². The molecule has 0 aliphatic heterocycles. The van der Waals surface area contributed by atoms with E-state index in [0.29, 0.717) is 22.6 Å². The van der Waals surface area contributed by atoms with E-state index in [0.717, 1.165) is 0 Å². The van der Waals surface area contributed by atoms with E-state index in [1.165, 1.54) is 24.8 Å². The summed E-state index contributed by atoms with van der Waals surface area (Å²) >= 11 is 0. The van der Waals surface area contributed by atoms with Gasteiger partial charge in [0.15, 0.2) is 22.6 Å². The molecule has 0 saturated carbocycles. The van der Waals surface area contributed by atoms with Crippen molar-refractivity contribution in [3.8, 4) is 0 Å². The van der Waals surface area contributed by atoms with Gasteiger partial charge >= 0.3 is 0 Å². The molecule has 0 fully saturated rings. The highest BCUT2D eigenvalue weighted by atomic mass is 15.1. The zero-order chi connectivity index (χ0) is 19.7. The number of rotatable bonds is 0. The van der Waals surface area contributed by atoms with Crippen molar-refractivity contribution >= 4 is 67.8 Å². The van der Waals surface area contributed by atoms with E-state index >= 15 is 0 Å². The Bertz CT molecular complexity index is 1560. The van der Waals surface area contributed by atoms with Crippen molar-refractivity contribution in [2.24, 2.45) is 0 Å². The molecule has 0 saturated heterocycles. The van der Waals surface area contributed by atoms with E-state index in [9.17, 15) is 0 Å². The summed E-state index contributed by atoms with van der Waals surface area (Å²) in [6.07, 6.45) is 6.11. The molecule has 0 bridgehead atoms. The average molecular weight is 392 g/mol. The minimum absolute atomic E-state index is 0.245. The number of hydrogen-bond acceptors (Lipinski definition) is 14. The van der Waals surface area contributed by atoms with Crippen LogP contribution in [0.15, 0.2) is 24.8 Å². The maximum Gasteiger partial charge on any atom is 0.202 e. The largest absolute Gasteiger partial charge is 0.232 e. The van der Waals surface area contributed by atoms with Gasteiger partial charge in [0, 0.05) is 24.8 Å². The predicted molar refractivity (Wildman–Crippen MR) is 101 cm³/mol. The molecule has 30 heavy (non-hydrogen) atoms. The Kier molecular flexibility index (Phi) is 2.69. The highest BCUT2D eigenvalue weighted by molar-refractivity contribution is 5.88. The van der Waals surface area contributed by atoms with E-state index in [-0.39, 0.29) is 45.2 Å². The van der Waals surface area contributed by atoms with Crippen LogP contribution in [0, 0.1) is 0 Å². The summed E-state index contributed by atoms with van der Waals surface area (Å²) in [4.78, 5) is 60.3. The van der Waals surface area contributed by atoms with Gasteiger partial charge in [-0.15, -0.1) is 0 Å². The fourth-order valence-electron chi connectivity index (χ4n) is 2.97. The maximum atomic E-state index is 4.42. The minimum atomic E-state index is 0.245. The van der Waals surface area contributed by atoms with Crippen LogP contribution in [0.25, 0.3) is 67.8 Å². The van der Waals surface area contributed by atoms with Crippen LogP contribution in [0.1, 0.15) is 0 Å². The van der Waals surface area contributed by atoms with Gasteiger partial charge in [0.05, 0.1) is 0 Å². The first-order valence-corrected chi connectivity index (χ1v) is 8.57. The van der Waals surface area contributed by atoms with Gasteiger partial charge in [-0.05, 0) is 0 Å². The van der Waals surface area contributed by atoms with Crippen LogP contribution in [0.3, 0.4) is 0 Å². The maximum absolute atomic E-state index is 4.42. The van der Waals surface area contributed by atoms with Crippen LogP contribution in [0.5, 0.6) is 0 Å². The number of aromatic nitrogens is 14. The molecule has 0 atom stereocenters. The van der Waals surface area contributed by atoms with E-state index < -0.39 is 0 Å². The molecular weight excluding hydrogens is 388 g/mol. The second kappa shape index (κ2) is 5.34. The van der Waals surface area contributed by atoms with Crippen LogP contribution < -0.4 is 0 Å². The van der Waals surface area contributed by atoms with Gasteiger partial charge in [-0.3, -0.25) is 0 Å². The lowest BCUT2D eigenvalue weighted by atomic mass is 10.5. The van der Waals surface area contributed by atoms with Crippen LogP contribution in [0.2, 0.25) is 0 Å². The topological polar surface area (TPSA) is 180 Å². The molecule has 14 heteroatoms. The van der Waals surface area contributed by atoms with Gasteiger partial charge in [0.2, 0.25) is 45.2 Å². The Morgan fingerprint density at radius 3 is 0.600 bits per heavy atom. The molecule has 0 radical (unpaired) electrons. The van der Waals surface area contributed by atoms with E-state index in [1.54, 1.807) is 0 Å². The van der Waals surface area contributed by atoms with Crippen LogP contribution in [-0.4, -0.2) is 69.8 Å². The molecule has 0 aliphatic rings. The standard InChI is InChI=1S/C16H4N14/c1-2-18-6-5(17-1)21-9-10(22-6)26-14-13(25-9)29-15-16(30-14)28-12-11(27-15)23-7-8(24-12)20-4-3-19-7/h1-4H. The second-order valence-corrected chi connectivity index (χ2v) is 6.11. The Balaban J connectivity index is 1.54. The molecule has 7 heterocycles. The Morgan fingerprint density at radius 1 is 0.233 bits per heavy atom. The molecule has 138 valence electrons. The lowest BCUT2D eigenvalue weighted by molar-refractivity contribution is 1.12. The molecule has 0 amide bonds. The van der Waals surface area contributed by atoms with Crippen LogP contribution in [0.4, 0.5) is 0 Å². The van der Waals surface area contributed by atoms with Gasteiger partial charge in [-0.25, -0.2) is 69.8 Å². The fraction of sp³-hybridized carbons (Fsp3) is 0. The third-order valence-corrected chi connectivity index (χ3v) is 4.24. The van der Waals surface area contributed by atoms with Crippen molar-refractivity contribution in [3.05, 3.63) is 24.8 Å². The first-order chi connectivity index (χ1) is 14.8. The highest BCUT2D eigenvalue weighted by Crippen LogP contribution is 2.17. The first-order valence-electron chi connectivity index (χ1n) is 8.57. The van der Waals surface area contributed by atoms with Gasteiger partial charge in [0.25, 0.3) is 0 Å².